The number of benzene rings is 1. The summed E-state index contributed by atoms with van der Waals surface area (Å²) in [5, 5.41) is 15.1. The smallest absolute Gasteiger partial charge is 0.160 e. The minimum Gasteiger partial charge on any atom is -0.504 e. The lowest BCUT2D eigenvalue weighted by molar-refractivity contribution is 0.454. The van der Waals surface area contributed by atoms with Crippen LogP contribution in [-0.4, -0.2) is 14.9 Å². The summed E-state index contributed by atoms with van der Waals surface area (Å²) in [5.74, 6) is 0.870. The average Bonchev–Trinajstić information content (AvgIpc) is 2.74. The fourth-order valence-corrected chi connectivity index (χ4v) is 2.37. The van der Waals surface area contributed by atoms with Gasteiger partial charge in [-0.3, -0.25) is 0 Å². The minimum atomic E-state index is 0.385. The third-order valence-corrected chi connectivity index (χ3v) is 3.39. The van der Waals surface area contributed by atoms with Crippen molar-refractivity contribution in [3.8, 4) is 11.4 Å². The van der Waals surface area contributed by atoms with Gasteiger partial charge in [0.05, 0.1) is 11.4 Å². The third-order valence-electron chi connectivity index (χ3n) is 3.39. The quantitative estimate of drug-likeness (QED) is 0.859. The maximum atomic E-state index is 10.5. The maximum absolute atomic E-state index is 10.5. The summed E-state index contributed by atoms with van der Waals surface area (Å²) in [7, 11) is 0. The highest BCUT2D eigenvalue weighted by Gasteiger charge is 2.18. The van der Waals surface area contributed by atoms with Gasteiger partial charge in [0.15, 0.2) is 5.75 Å². The summed E-state index contributed by atoms with van der Waals surface area (Å²) in [5.41, 5.74) is 2.77. The number of aromatic hydroxyl groups is 1. The highest BCUT2D eigenvalue weighted by molar-refractivity contribution is 5.41. The largest absolute Gasteiger partial charge is 0.504 e. The first kappa shape index (κ1) is 14.6. The number of unbranched alkanes of at least 4 members (excludes halogenated alkanes) is 1. The topological polar surface area (TPSA) is 38.1 Å². The predicted octanol–water partition coefficient (Wildman–Crippen LogP) is 4.12. The molecule has 0 atom stereocenters. The van der Waals surface area contributed by atoms with Gasteiger partial charge in [-0.05, 0) is 37.3 Å². The first-order chi connectivity index (χ1) is 9.63. The second kappa shape index (κ2) is 6.60. The van der Waals surface area contributed by atoms with Crippen molar-refractivity contribution in [2.75, 3.05) is 0 Å². The van der Waals surface area contributed by atoms with Crippen molar-refractivity contribution in [2.45, 2.75) is 46.5 Å². The molecule has 2 rings (SSSR count). The van der Waals surface area contributed by atoms with Crippen molar-refractivity contribution >= 4 is 0 Å². The van der Waals surface area contributed by atoms with E-state index in [0.29, 0.717) is 11.7 Å². The van der Waals surface area contributed by atoms with E-state index in [9.17, 15) is 5.11 Å². The van der Waals surface area contributed by atoms with Crippen molar-refractivity contribution < 1.29 is 5.11 Å². The Morgan fingerprint density at radius 1 is 1.20 bits per heavy atom. The first-order valence-electron chi connectivity index (χ1n) is 7.48. The molecule has 108 valence electrons. The van der Waals surface area contributed by atoms with Gasteiger partial charge in [0.1, 0.15) is 5.69 Å². The van der Waals surface area contributed by atoms with Gasteiger partial charge < -0.3 is 5.11 Å². The summed E-state index contributed by atoms with van der Waals surface area (Å²) in [6, 6.07) is 10.1. The van der Waals surface area contributed by atoms with E-state index in [1.165, 1.54) is 0 Å². The van der Waals surface area contributed by atoms with Gasteiger partial charge in [0, 0.05) is 0 Å². The zero-order valence-corrected chi connectivity index (χ0v) is 12.6. The Bertz CT molecular complexity index is 544. The maximum Gasteiger partial charge on any atom is 0.160 e. The van der Waals surface area contributed by atoms with E-state index in [1.807, 2.05) is 35.0 Å². The molecule has 0 aliphatic carbocycles. The van der Waals surface area contributed by atoms with Crippen LogP contribution in [0.3, 0.4) is 0 Å². The Labute approximate surface area is 121 Å². The molecule has 3 nitrogen and oxygen atoms in total. The van der Waals surface area contributed by atoms with E-state index in [2.05, 4.69) is 25.9 Å². The van der Waals surface area contributed by atoms with E-state index in [-0.39, 0.29) is 0 Å². The summed E-state index contributed by atoms with van der Waals surface area (Å²) in [4.78, 5) is 0. The molecule has 20 heavy (non-hydrogen) atoms. The second-order valence-corrected chi connectivity index (χ2v) is 5.69. The molecule has 1 heterocycles. The lowest BCUT2D eigenvalue weighted by atomic mass is 10.1. The molecule has 0 unspecified atom stereocenters. The van der Waals surface area contributed by atoms with Crippen LogP contribution in [0.25, 0.3) is 5.69 Å². The van der Waals surface area contributed by atoms with Crippen molar-refractivity contribution in [3.05, 3.63) is 41.7 Å². The van der Waals surface area contributed by atoms with Crippen LogP contribution < -0.4 is 0 Å². The molecule has 1 aromatic heterocycles. The van der Waals surface area contributed by atoms with Gasteiger partial charge >= 0.3 is 0 Å². The van der Waals surface area contributed by atoms with E-state index in [1.54, 1.807) is 0 Å². The molecule has 0 aliphatic heterocycles. The summed E-state index contributed by atoms with van der Waals surface area (Å²) < 4.78 is 1.91. The lowest BCUT2D eigenvalue weighted by Crippen LogP contribution is -2.03. The average molecular weight is 272 g/mol. The molecule has 1 N–H and O–H groups in total. The number of aromatic nitrogens is 2. The fraction of sp³-hybridized carbons (Fsp3) is 0.471. The normalized spacial score (nSPS) is 11.2. The molecule has 0 saturated heterocycles. The molecule has 0 amide bonds. The van der Waals surface area contributed by atoms with Gasteiger partial charge in [-0.1, -0.05) is 45.4 Å². The van der Waals surface area contributed by atoms with Crippen LogP contribution in [0.5, 0.6) is 5.75 Å². The predicted molar refractivity (Wildman–Crippen MR) is 82.4 cm³/mol. The van der Waals surface area contributed by atoms with Crippen LogP contribution in [0, 0.1) is 5.92 Å². The molecule has 0 saturated carbocycles. The van der Waals surface area contributed by atoms with Gasteiger partial charge in [0.25, 0.3) is 0 Å². The zero-order valence-electron chi connectivity index (χ0n) is 12.6. The van der Waals surface area contributed by atoms with Gasteiger partial charge in [-0.2, -0.15) is 5.10 Å². The van der Waals surface area contributed by atoms with Crippen molar-refractivity contribution in [3.63, 3.8) is 0 Å². The monoisotopic (exact) mass is 272 g/mol. The third kappa shape index (κ3) is 3.21. The Kier molecular flexibility index (Phi) is 4.83. The number of hydrogen-bond acceptors (Lipinski definition) is 2. The van der Waals surface area contributed by atoms with Crippen LogP contribution >= 0.6 is 0 Å². The van der Waals surface area contributed by atoms with Gasteiger partial charge in [-0.15, -0.1) is 0 Å². The molecule has 0 radical (unpaired) electrons. The highest BCUT2D eigenvalue weighted by Crippen LogP contribution is 2.28. The minimum absolute atomic E-state index is 0.385. The highest BCUT2D eigenvalue weighted by atomic mass is 16.3. The first-order valence-corrected chi connectivity index (χ1v) is 7.48. The van der Waals surface area contributed by atoms with Crippen LogP contribution in [0.2, 0.25) is 0 Å². The molecule has 0 fully saturated rings. The Hall–Kier alpha value is -1.77. The zero-order chi connectivity index (χ0) is 14.5. The molecule has 1 aromatic carbocycles. The van der Waals surface area contributed by atoms with Gasteiger partial charge in [-0.25, -0.2) is 4.68 Å². The van der Waals surface area contributed by atoms with E-state index >= 15 is 0 Å². The molecule has 2 aromatic rings. The standard InChI is InChI=1S/C17H24N2O/c1-4-5-11-16-17(20)15(12-13(2)3)18-19(16)14-9-7-6-8-10-14/h6-10,13,20H,4-5,11-12H2,1-3H3. The van der Waals surface area contributed by atoms with E-state index < -0.39 is 0 Å². The van der Waals surface area contributed by atoms with Crippen molar-refractivity contribution in [2.24, 2.45) is 5.92 Å². The second-order valence-electron chi connectivity index (χ2n) is 5.69. The molecular formula is C17H24N2O. The van der Waals surface area contributed by atoms with Gasteiger partial charge in [0.2, 0.25) is 0 Å². The summed E-state index contributed by atoms with van der Waals surface area (Å²) in [6.07, 6.45) is 3.85. The number of nitrogens with zero attached hydrogens (tertiary/aromatic N) is 2. The summed E-state index contributed by atoms with van der Waals surface area (Å²) in [6.45, 7) is 6.45. The van der Waals surface area contributed by atoms with Crippen molar-refractivity contribution in [1.82, 2.24) is 9.78 Å². The lowest BCUT2D eigenvalue weighted by Gasteiger charge is -2.06. The summed E-state index contributed by atoms with van der Waals surface area (Å²) >= 11 is 0. The SMILES string of the molecule is CCCCc1c(O)c(CC(C)C)nn1-c1ccccc1. The molecule has 0 aliphatic rings. The van der Waals surface area contributed by atoms with Crippen LogP contribution in [0.4, 0.5) is 0 Å². The van der Waals surface area contributed by atoms with Crippen LogP contribution in [0.1, 0.15) is 45.0 Å². The van der Waals surface area contributed by atoms with E-state index in [0.717, 1.165) is 42.8 Å². The Balaban J connectivity index is 2.43. The Morgan fingerprint density at radius 2 is 1.90 bits per heavy atom. The van der Waals surface area contributed by atoms with Crippen LogP contribution in [-0.2, 0) is 12.8 Å². The fourth-order valence-electron chi connectivity index (χ4n) is 2.37. The Morgan fingerprint density at radius 3 is 2.50 bits per heavy atom. The van der Waals surface area contributed by atoms with Crippen molar-refractivity contribution in [1.29, 1.82) is 0 Å². The van der Waals surface area contributed by atoms with Crippen LogP contribution in [0.15, 0.2) is 30.3 Å². The molecule has 0 bridgehead atoms. The number of hydrogen-bond donors (Lipinski definition) is 1. The molecule has 3 heteroatoms. The number of rotatable bonds is 6. The number of para-hydroxylation sites is 1. The van der Waals surface area contributed by atoms with E-state index in [4.69, 9.17) is 0 Å². The molecule has 0 spiro atoms. The molecular weight excluding hydrogens is 248 g/mol.